The maximum absolute atomic E-state index is 11.3. The monoisotopic (exact) mass is 225 g/mol. The van der Waals surface area contributed by atoms with Crippen LogP contribution in [0.1, 0.15) is 23.4 Å². The van der Waals surface area contributed by atoms with Crippen LogP contribution in [0.2, 0.25) is 0 Å². The van der Waals surface area contributed by atoms with Gasteiger partial charge in [-0.1, -0.05) is 5.16 Å². The first-order chi connectivity index (χ1) is 7.52. The SMILES string of the molecule is Cc1noc(C)c1CNCCC(=O)N(C)C. The zero-order chi connectivity index (χ0) is 12.1. The van der Waals surface area contributed by atoms with Crippen molar-refractivity contribution < 1.29 is 9.32 Å². The van der Waals surface area contributed by atoms with Crippen molar-refractivity contribution >= 4 is 5.91 Å². The van der Waals surface area contributed by atoms with Crippen molar-refractivity contribution in [3.8, 4) is 0 Å². The smallest absolute Gasteiger partial charge is 0.223 e. The van der Waals surface area contributed by atoms with Crippen molar-refractivity contribution in [1.82, 2.24) is 15.4 Å². The molecule has 0 saturated carbocycles. The molecule has 1 amide bonds. The average molecular weight is 225 g/mol. The van der Waals surface area contributed by atoms with Crippen LogP contribution < -0.4 is 5.32 Å². The quantitative estimate of drug-likeness (QED) is 0.755. The van der Waals surface area contributed by atoms with Gasteiger partial charge in [0.1, 0.15) is 5.76 Å². The first kappa shape index (κ1) is 12.7. The number of hydrogen-bond acceptors (Lipinski definition) is 4. The van der Waals surface area contributed by atoms with Crippen LogP contribution in [0.5, 0.6) is 0 Å². The van der Waals surface area contributed by atoms with Gasteiger partial charge in [-0.2, -0.15) is 0 Å². The van der Waals surface area contributed by atoms with E-state index >= 15 is 0 Å². The molecule has 0 aromatic carbocycles. The highest BCUT2D eigenvalue weighted by molar-refractivity contribution is 5.75. The van der Waals surface area contributed by atoms with E-state index in [0.717, 1.165) is 17.0 Å². The van der Waals surface area contributed by atoms with Gasteiger partial charge in [-0.25, -0.2) is 0 Å². The number of carbonyl (C=O) groups is 1. The van der Waals surface area contributed by atoms with Gasteiger partial charge in [0.2, 0.25) is 5.91 Å². The highest BCUT2D eigenvalue weighted by Gasteiger charge is 2.08. The van der Waals surface area contributed by atoms with Gasteiger partial charge in [0.15, 0.2) is 0 Å². The predicted molar refractivity (Wildman–Crippen MR) is 61.0 cm³/mol. The fourth-order valence-corrected chi connectivity index (χ4v) is 1.39. The van der Waals surface area contributed by atoms with Crippen LogP contribution >= 0.6 is 0 Å². The fraction of sp³-hybridized carbons (Fsp3) is 0.636. The molecule has 1 rings (SSSR count). The molecule has 5 nitrogen and oxygen atoms in total. The molecule has 1 aromatic heterocycles. The Morgan fingerprint density at radius 3 is 2.62 bits per heavy atom. The summed E-state index contributed by atoms with van der Waals surface area (Å²) in [5.74, 6) is 0.968. The number of aryl methyl sites for hydroxylation is 2. The van der Waals surface area contributed by atoms with Crippen LogP contribution in [-0.2, 0) is 11.3 Å². The molecule has 0 aliphatic rings. The minimum absolute atomic E-state index is 0.131. The van der Waals surface area contributed by atoms with E-state index in [-0.39, 0.29) is 5.91 Å². The van der Waals surface area contributed by atoms with E-state index < -0.39 is 0 Å². The molecule has 0 fully saturated rings. The highest BCUT2D eigenvalue weighted by Crippen LogP contribution is 2.11. The summed E-state index contributed by atoms with van der Waals surface area (Å²) in [5, 5.41) is 7.08. The third kappa shape index (κ3) is 3.34. The number of rotatable bonds is 5. The van der Waals surface area contributed by atoms with Crippen LogP contribution in [0.15, 0.2) is 4.52 Å². The van der Waals surface area contributed by atoms with Crippen LogP contribution in [0.4, 0.5) is 0 Å². The molecule has 0 radical (unpaired) electrons. The second kappa shape index (κ2) is 5.65. The van der Waals surface area contributed by atoms with Gasteiger partial charge in [-0.15, -0.1) is 0 Å². The molecule has 90 valence electrons. The maximum Gasteiger partial charge on any atom is 0.223 e. The zero-order valence-electron chi connectivity index (χ0n) is 10.3. The summed E-state index contributed by atoms with van der Waals surface area (Å²) in [6.07, 6.45) is 0.510. The number of amides is 1. The summed E-state index contributed by atoms with van der Waals surface area (Å²) in [4.78, 5) is 12.9. The van der Waals surface area contributed by atoms with Gasteiger partial charge in [0.25, 0.3) is 0 Å². The largest absolute Gasteiger partial charge is 0.361 e. The van der Waals surface area contributed by atoms with E-state index in [9.17, 15) is 4.79 Å². The summed E-state index contributed by atoms with van der Waals surface area (Å²) in [6.45, 7) is 5.17. The Morgan fingerprint density at radius 1 is 1.44 bits per heavy atom. The third-order valence-electron chi connectivity index (χ3n) is 2.50. The summed E-state index contributed by atoms with van der Waals surface area (Å²) in [6, 6.07) is 0. The first-order valence-electron chi connectivity index (χ1n) is 5.35. The minimum Gasteiger partial charge on any atom is -0.361 e. The number of hydrogen-bond donors (Lipinski definition) is 1. The number of aromatic nitrogens is 1. The van der Waals surface area contributed by atoms with Gasteiger partial charge < -0.3 is 14.7 Å². The molecule has 0 atom stereocenters. The van der Waals surface area contributed by atoms with Crippen molar-refractivity contribution in [3.05, 3.63) is 17.0 Å². The molecular weight excluding hydrogens is 206 g/mol. The van der Waals surface area contributed by atoms with E-state index in [1.54, 1.807) is 19.0 Å². The second-order valence-electron chi connectivity index (χ2n) is 4.02. The van der Waals surface area contributed by atoms with E-state index in [1.807, 2.05) is 13.8 Å². The Bertz CT molecular complexity index is 339. The molecule has 5 heteroatoms. The third-order valence-corrected chi connectivity index (χ3v) is 2.50. The number of nitrogens with one attached hydrogen (secondary N) is 1. The maximum atomic E-state index is 11.3. The highest BCUT2D eigenvalue weighted by atomic mass is 16.5. The molecule has 1 aromatic rings. The van der Waals surface area contributed by atoms with Crippen molar-refractivity contribution in [1.29, 1.82) is 0 Å². The second-order valence-corrected chi connectivity index (χ2v) is 4.02. The lowest BCUT2D eigenvalue weighted by molar-refractivity contribution is -0.128. The predicted octanol–water partition coefficient (Wildman–Crippen LogP) is 0.859. The van der Waals surface area contributed by atoms with E-state index in [4.69, 9.17) is 4.52 Å². The van der Waals surface area contributed by atoms with Gasteiger partial charge in [0, 0.05) is 39.2 Å². The van der Waals surface area contributed by atoms with E-state index in [0.29, 0.717) is 19.5 Å². The van der Waals surface area contributed by atoms with Crippen molar-refractivity contribution in [3.63, 3.8) is 0 Å². The topological polar surface area (TPSA) is 58.4 Å². The van der Waals surface area contributed by atoms with Gasteiger partial charge in [-0.3, -0.25) is 4.79 Å². The molecule has 1 N–H and O–H groups in total. The van der Waals surface area contributed by atoms with E-state index in [1.165, 1.54) is 0 Å². The average Bonchev–Trinajstić information content (AvgIpc) is 2.54. The minimum atomic E-state index is 0.131. The summed E-state index contributed by atoms with van der Waals surface area (Å²) >= 11 is 0. The standard InChI is InChI=1S/C11H19N3O2/c1-8-10(9(2)16-13-8)7-12-6-5-11(15)14(3)4/h12H,5-7H2,1-4H3. The Labute approximate surface area is 95.8 Å². The van der Waals surface area contributed by atoms with Crippen molar-refractivity contribution in [2.75, 3.05) is 20.6 Å². The van der Waals surface area contributed by atoms with Gasteiger partial charge >= 0.3 is 0 Å². The van der Waals surface area contributed by atoms with Crippen LogP contribution in [0.3, 0.4) is 0 Å². The van der Waals surface area contributed by atoms with Gasteiger partial charge in [-0.05, 0) is 13.8 Å². The Kier molecular flexibility index (Phi) is 4.49. The van der Waals surface area contributed by atoms with E-state index in [2.05, 4.69) is 10.5 Å². The Balaban J connectivity index is 2.29. The molecule has 0 spiro atoms. The Hall–Kier alpha value is -1.36. The zero-order valence-corrected chi connectivity index (χ0v) is 10.3. The van der Waals surface area contributed by atoms with Crippen LogP contribution in [0.25, 0.3) is 0 Å². The first-order valence-corrected chi connectivity index (χ1v) is 5.35. The van der Waals surface area contributed by atoms with Crippen molar-refractivity contribution in [2.45, 2.75) is 26.8 Å². The lowest BCUT2D eigenvalue weighted by Crippen LogP contribution is -2.26. The summed E-state index contributed by atoms with van der Waals surface area (Å²) < 4.78 is 5.05. The molecule has 0 bridgehead atoms. The van der Waals surface area contributed by atoms with Crippen LogP contribution in [-0.4, -0.2) is 36.6 Å². The lowest BCUT2D eigenvalue weighted by Gasteiger charge is -2.10. The number of carbonyl (C=O) groups excluding carboxylic acids is 1. The van der Waals surface area contributed by atoms with Crippen LogP contribution in [0, 0.1) is 13.8 Å². The summed E-state index contributed by atoms with van der Waals surface area (Å²) in [7, 11) is 3.52. The molecule has 0 saturated heterocycles. The molecule has 1 heterocycles. The lowest BCUT2D eigenvalue weighted by atomic mass is 10.2. The fourth-order valence-electron chi connectivity index (χ4n) is 1.39. The molecular formula is C11H19N3O2. The molecule has 0 aliphatic heterocycles. The molecule has 0 aliphatic carbocycles. The molecule has 16 heavy (non-hydrogen) atoms. The van der Waals surface area contributed by atoms with Crippen molar-refractivity contribution in [2.24, 2.45) is 0 Å². The Morgan fingerprint density at radius 2 is 2.12 bits per heavy atom. The van der Waals surface area contributed by atoms with Gasteiger partial charge in [0.05, 0.1) is 5.69 Å². The normalized spacial score (nSPS) is 10.5. The summed E-state index contributed by atoms with van der Waals surface area (Å²) in [5.41, 5.74) is 1.99. The molecule has 0 unspecified atom stereocenters. The number of nitrogens with zero attached hydrogens (tertiary/aromatic N) is 2.